The maximum absolute atomic E-state index is 13.0. The fourth-order valence-electron chi connectivity index (χ4n) is 8.76. The van der Waals surface area contributed by atoms with Crippen molar-refractivity contribution in [3.8, 4) is 23.0 Å². The number of aromatic hydroxyl groups is 1. The predicted octanol–water partition coefficient (Wildman–Crippen LogP) is 8.10. The molecule has 88 heavy (non-hydrogen) atoms. The summed E-state index contributed by atoms with van der Waals surface area (Å²) in [5.74, 6) is 4.88. The zero-order chi connectivity index (χ0) is 64.6. The number of phenols is 1. The first-order valence-electron chi connectivity index (χ1n) is 24.7. The van der Waals surface area contributed by atoms with E-state index in [4.69, 9.17) is 24.6 Å². The summed E-state index contributed by atoms with van der Waals surface area (Å²) in [6.45, 7) is 2.90. The molecule has 0 radical (unpaired) electrons. The van der Waals surface area contributed by atoms with Gasteiger partial charge in [0.1, 0.15) is 49.0 Å². The lowest BCUT2D eigenvalue weighted by Crippen LogP contribution is -2.27. The van der Waals surface area contributed by atoms with Gasteiger partial charge in [-0.3, -0.25) is 32.7 Å². The van der Waals surface area contributed by atoms with Gasteiger partial charge in [0, 0.05) is 46.5 Å². The Morgan fingerprint density at radius 2 is 1.23 bits per heavy atom. The zero-order valence-electron chi connectivity index (χ0n) is 45.4. The van der Waals surface area contributed by atoms with Crippen molar-refractivity contribution in [2.24, 2.45) is 31.4 Å². The van der Waals surface area contributed by atoms with E-state index in [1.165, 1.54) is 61.7 Å². The normalized spacial score (nSPS) is 13.8. The number of hydrogen-bond donors (Lipinski definition) is 11. The van der Waals surface area contributed by atoms with Gasteiger partial charge in [-0.25, -0.2) is 5.84 Å². The van der Waals surface area contributed by atoms with E-state index in [0.717, 1.165) is 35.4 Å². The molecule has 1 aliphatic carbocycles. The second-order valence-corrected chi connectivity index (χ2v) is 27.9. The number of methoxy groups -OCH3 is 1. The minimum absolute atomic E-state index is 0.000344. The molecule has 38 heteroatoms. The van der Waals surface area contributed by atoms with Crippen LogP contribution in [-0.2, 0) is 67.1 Å². The Kier molecular flexibility index (Phi) is 18.9. The summed E-state index contributed by atoms with van der Waals surface area (Å²) in [6.07, 6.45) is 2.02. The summed E-state index contributed by atoms with van der Waals surface area (Å²) in [5, 5.41) is 32.5. The highest BCUT2D eigenvalue weighted by molar-refractivity contribution is 7.87. The molecule has 11 N–H and O–H groups in total. The second-order valence-electron chi connectivity index (χ2n) is 18.9. The highest BCUT2D eigenvalue weighted by Gasteiger charge is 2.28. The molecular formula is C50H49N9O22S7. The third kappa shape index (κ3) is 15.3. The Hall–Kier alpha value is -7.96. The highest BCUT2D eigenvalue weighted by atomic mass is 32.2. The number of ether oxygens (including phenoxy) is 3. The van der Waals surface area contributed by atoms with Crippen LogP contribution >= 0.6 is 12.6 Å². The molecule has 0 aliphatic heterocycles. The smallest absolute Gasteiger partial charge is 0.297 e. The molecule has 31 nitrogen and oxygen atoms in total. The molecule has 0 unspecified atom stereocenters. The number of benzene rings is 7. The van der Waals surface area contributed by atoms with E-state index in [0.29, 0.717) is 28.6 Å². The Bertz CT molecular complexity index is 4870. The minimum atomic E-state index is -5.27. The number of nitrogens with one attached hydrogen (secondary N) is 2. The van der Waals surface area contributed by atoms with Crippen LogP contribution in [0.5, 0.6) is 23.0 Å². The number of fused-ring (bicyclic) bond motifs is 3. The number of nitrogens with zero attached hydrogens (tertiary/aromatic N) is 6. The average Bonchev–Trinajstić information content (AvgIpc) is 0.814. The quantitative estimate of drug-likeness (QED) is 0.00719. The molecule has 0 atom stereocenters. The van der Waals surface area contributed by atoms with Crippen molar-refractivity contribution in [3.63, 3.8) is 0 Å². The van der Waals surface area contributed by atoms with Crippen LogP contribution in [0.3, 0.4) is 0 Å². The van der Waals surface area contributed by atoms with E-state index in [2.05, 4.69) is 49.0 Å². The summed E-state index contributed by atoms with van der Waals surface area (Å²) in [4.78, 5) is -4.28. The lowest BCUT2D eigenvalue weighted by atomic mass is 9.96. The van der Waals surface area contributed by atoms with Crippen LogP contribution in [0.2, 0.25) is 0 Å². The van der Waals surface area contributed by atoms with E-state index < -0.39 is 120 Å². The van der Waals surface area contributed by atoms with Crippen LogP contribution in [-0.4, -0.2) is 120 Å². The molecule has 8 rings (SSSR count). The molecule has 0 spiro atoms. The van der Waals surface area contributed by atoms with E-state index in [-0.39, 0.29) is 92.5 Å². The van der Waals surface area contributed by atoms with Crippen LogP contribution in [0, 0.1) is 13.8 Å². The van der Waals surface area contributed by atoms with Crippen LogP contribution in [0.15, 0.2) is 141 Å². The van der Waals surface area contributed by atoms with Crippen molar-refractivity contribution in [1.82, 2.24) is 0 Å². The number of aryl methyl sites for hydroxylation is 2. The Morgan fingerprint density at radius 3 is 1.86 bits per heavy atom. The van der Waals surface area contributed by atoms with Gasteiger partial charge >= 0.3 is 0 Å². The van der Waals surface area contributed by atoms with Crippen molar-refractivity contribution >= 4 is 146 Å². The fourth-order valence-corrected chi connectivity index (χ4v) is 12.7. The molecule has 0 heterocycles. The second kappa shape index (κ2) is 25.3. The van der Waals surface area contributed by atoms with Gasteiger partial charge in [-0.15, -0.1) is 15.3 Å². The van der Waals surface area contributed by atoms with Gasteiger partial charge in [-0.1, -0.05) is 6.08 Å². The average molecular weight is 1350 g/mol. The number of thiol groups is 1. The number of azo groups is 2. The van der Waals surface area contributed by atoms with Gasteiger partial charge in [0.05, 0.1) is 64.3 Å². The van der Waals surface area contributed by atoms with E-state index in [1.807, 2.05) is 0 Å². The van der Waals surface area contributed by atoms with Crippen molar-refractivity contribution in [3.05, 3.63) is 113 Å². The van der Waals surface area contributed by atoms with Crippen molar-refractivity contribution < 1.29 is 97.1 Å². The van der Waals surface area contributed by atoms with E-state index >= 15 is 0 Å². The zero-order valence-corrected chi connectivity index (χ0v) is 51.2. The molecule has 0 fully saturated rings. The summed E-state index contributed by atoms with van der Waals surface area (Å²) in [5.41, 5.74) is 6.70. The minimum Gasteiger partial charge on any atom is -0.505 e. The van der Waals surface area contributed by atoms with Crippen molar-refractivity contribution in [1.29, 1.82) is 0 Å². The molecule has 0 saturated carbocycles. The molecular weight excluding hydrogens is 1300 g/mol. The van der Waals surface area contributed by atoms with Crippen LogP contribution < -0.4 is 36.0 Å². The van der Waals surface area contributed by atoms with E-state index in [9.17, 15) is 78.4 Å². The highest BCUT2D eigenvalue weighted by Crippen LogP contribution is 2.45. The monoisotopic (exact) mass is 1350 g/mol. The lowest BCUT2D eigenvalue weighted by molar-refractivity contribution is 0.319. The predicted molar refractivity (Wildman–Crippen MR) is 322 cm³/mol. The van der Waals surface area contributed by atoms with Crippen LogP contribution in [0.1, 0.15) is 28.7 Å². The number of hydrogen-bond acceptors (Lipinski definition) is 26. The molecule has 0 aromatic heterocycles. The summed E-state index contributed by atoms with van der Waals surface area (Å²) < 4.78 is 223. The van der Waals surface area contributed by atoms with Gasteiger partial charge in [-0.2, -0.15) is 78.5 Å². The molecule has 7 aromatic carbocycles. The van der Waals surface area contributed by atoms with E-state index in [1.54, 1.807) is 19.9 Å². The standard InChI is InChI=1S/C50H49N9O22S7/c1-26-15-41(56-57-48-47(87(73,74)75)20-29-18-31(6-8-35(29)49(48)60)59(51)58-30-5-7-34-28(17-30)19-32(84(64,65)66)23-46(34)86(70,71)72)44(79-3)24-39(26)54-55-42-16-27(2)40(25-45(42)81-12-13-82)53-52-38-10-9-36-37(50(38)88(76,77)78)21-33(85(67,68)69)22-43(36)80-11-4-14-83(61,62)63/h5-10,15-16,18-25,54-55,60,82H,4,11-14,17,51H2,1-3H3,(H,61,62,63)(H,64,65,66)(H,67,68,69)(H,70,71,72)(H,73,74,75)(H,76,77,78)/b53-52?,57-56?,58-30-. The summed E-state index contributed by atoms with van der Waals surface area (Å²) in [6, 6.07) is 16.5. The molecule has 468 valence electrons. The third-order valence-corrected chi connectivity index (χ3v) is 18.1. The van der Waals surface area contributed by atoms with Gasteiger partial charge in [0.25, 0.3) is 60.7 Å². The largest absolute Gasteiger partial charge is 0.505 e. The number of nitrogens with two attached hydrogens (primary N) is 1. The Labute approximate surface area is 507 Å². The lowest BCUT2D eigenvalue weighted by Gasteiger charge is -2.19. The Balaban J connectivity index is 1.05. The number of hydrazone groups is 1. The first-order chi connectivity index (χ1) is 40.9. The van der Waals surface area contributed by atoms with Gasteiger partial charge < -0.3 is 24.7 Å². The number of anilines is 3. The summed E-state index contributed by atoms with van der Waals surface area (Å²) in [7, 11) is -28.5. The van der Waals surface area contributed by atoms with Crippen LogP contribution in [0.25, 0.3) is 27.6 Å². The number of phenolic OH excluding ortho intramolecular Hbond substituents is 1. The summed E-state index contributed by atoms with van der Waals surface area (Å²) >= 11 is 4.23. The van der Waals surface area contributed by atoms with Gasteiger partial charge in [-0.05, 0) is 121 Å². The first-order valence-corrected chi connectivity index (χ1v) is 34.1. The fraction of sp³-hybridized carbons (Fsp3) is 0.180. The molecule has 0 amide bonds. The maximum atomic E-state index is 13.0. The number of allylic oxidation sites excluding steroid dienone is 1. The topological polar surface area (TPSA) is 489 Å². The third-order valence-electron chi connectivity index (χ3n) is 12.8. The maximum Gasteiger partial charge on any atom is 0.297 e. The van der Waals surface area contributed by atoms with Crippen molar-refractivity contribution in [2.75, 3.05) is 47.8 Å². The van der Waals surface area contributed by atoms with Gasteiger partial charge in [0.15, 0.2) is 5.75 Å². The molecule has 7 aromatic rings. The number of hydrazine groups is 2. The van der Waals surface area contributed by atoms with Crippen LogP contribution in [0.4, 0.5) is 39.8 Å². The number of rotatable bonds is 23. The van der Waals surface area contributed by atoms with Crippen molar-refractivity contribution in [2.45, 2.75) is 51.2 Å². The van der Waals surface area contributed by atoms with Gasteiger partial charge in [0.2, 0.25) is 0 Å². The SMILES string of the molecule is COc1cc(NNc2cc(C)c(N=Nc3ccc4c(OCCCS(=O)(=O)O)cc(S(=O)(=O)O)cc4c3S(=O)(=O)O)cc2OCCS)c(C)cc1N=Nc1c(S(=O)(=O)O)cc2cc(N(N)/N=C3/C=Cc4c(cc(S(=O)(=O)O)cc4S(=O)(=O)O)C3)ccc2c1O. The molecule has 0 saturated heterocycles. The first kappa shape index (κ1) is 66.0. The molecule has 1 aliphatic rings. The Morgan fingerprint density at radius 1 is 0.591 bits per heavy atom. The molecule has 0 bridgehead atoms.